The highest BCUT2D eigenvalue weighted by molar-refractivity contribution is 6.09. The van der Waals surface area contributed by atoms with Gasteiger partial charge < -0.3 is 14.8 Å². The van der Waals surface area contributed by atoms with Gasteiger partial charge in [0, 0.05) is 30.1 Å². The summed E-state index contributed by atoms with van der Waals surface area (Å²) in [5.41, 5.74) is 3.87. The Hall–Kier alpha value is -4.98. The van der Waals surface area contributed by atoms with Crippen molar-refractivity contribution in [3.8, 4) is 22.3 Å². The number of para-hydroxylation sites is 1. The van der Waals surface area contributed by atoms with E-state index in [-0.39, 0.29) is 11.3 Å². The number of hydrogen-bond donors (Lipinski definition) is 1. The van der Waals surface area contributed by atoms with Crippen LogP contribution < -0.4 is 10.2 Å². The van der Waals surface area contributed by atoms with Crippen LogP contribution in [-0.2, 0) is 9.47 Å². The van der Waals surface area contributed by atoms with Gasteiger partial charge in [-0.15, -0.1) is 0 Å². The molecule has 2 amide bonds. The first kappa shape index (κ1) is 29.0. The Morgan fingerprint density at radius 2 is 1.56 bits per heavy atom. The number of pyridine rings is 1. The van der Waals surface area contributed by atoms with Crippen molar-refractivity contribution in [2.45, 2.75) is 33.3 Å². The quantitative estimate of drug-likeness (QED) is 0.244. The third-order valence-electron chi connectivity index (χ3n) is 6.22. The number of carbonyl (C=O) groups is 3. The van der Waals surface area contributed by atoms with Gasteiger partial charge in [0.1, 0.15) is 5.60 Å². The van der Waals surface area contributed by atoms with Crippen molar-refractivity contribution in [1.29, 1.82) is 0 Å². The molecule has 0 radical (unpaired) electrons. The lowest BCUT2D eigenvalue weighted by Gasteiger charge is -2.28. The summed E-state index contributed by atoms with van der Waals surface area (Å²) in [4.78, 5) is 44.8. The van der Waals surface area contributed by atoms with Gasteiger partial charge in [0.25, 0.3) is 5.91 Å². The van der Waals surface area contributed by atoms with Crippen LogP contribution in [0.15, 0.2) is 91.3 Å². The van der Waals surface area contributed by atoms with Crippen LogP contribution >= 0.6 is 0 Å². The van der Waals surface area contributed by atoms with Crippen molar-refractivity contribution in [3.63, 3.8) is 0 Å². The molecule has 0 aliphatic heterocycles. The van der Waals surface area contributed by atoms with Gasteiger partial charge in [0.05, 0.1) is 29.6 Å². The highest BCUT2D eigenvalue weighted by Crippen LogP contribution is 2.34. The minimum atomic E-state index is -0.661. The van der Waals surface area contributed by atoms with Crippen LogP contribution in [0.5, 0.6) is 0 Å². The number of benzene rings is 3. The lowest BCUT2D eigenvalue weighted by atomic mass is 9.99. The molecular formula is C33H33N3O5. The van der Waals surface area contributed by atoms with Crippen LogP contribution in [0, 0.1) is 0 Å². The molecule has 0 saturated carbocycles. The largest absolute Gasteiger partial charge is 0.465 e. The number of nitrogens with zero attached hydrogens (tertiary/aromatic N) is 2. The van der Waals surface area contributed by atoms with Crippen molar-refractivity contribution in [2.75, 3.05) is 23.9 Å². The Labute approximate surface area is 239 Å². The molecule has 210 valence electrons. The molecule has 3 aromatic carbocycles. The number of ether oxygens (including phenoxy) is 2. The summed E-state index contributed by atoms with van der Waals surface area (Å²) in [6.07, 6.45) is 2.69. The molecule has 8 nitrogen and oxygen atoms in total. The predicted octanol–water partition coefficient (Wildman–Crippen LogP) is 7.22. The second-order valence-corrected chi connectivity index (χ2v) is 10.3. The molecule has 0 spiro atoms. The van der Waals surface area contributed by atoms with Gasteiger partial charge in [-0.2, -0.15) is 0 Å². The first-order valence-corrected chi connectivity index (χ1v) is 13.3. The maximum absolute atomic E-state index is 13.4. The van der Waals surface area contributed by atoms with Gasteiger partial charge in [-0.1, -0.05) is 54.6 Å². The summed E-state index contributed by atoms with van der Waals surface area (Å²) < 4.78 is 10.6. The molecule has 1 heterocycles. The Morgan fingerprint density at radius 1 is 0.854 bits per heavy atom. The molecule has 0 unspecified atom stereocenters. The SMILES string of the molecule is CCN(C(=O)OC(C)(C)C)c1ccccc1-c1ccc(C(=O)OC)c(NC(=O)c2cncc(-c3ccccc3)c2)c1. The number of esters is 1. The highest BCUT2D eigenvalue weighted by Gasteiger charge is 2.25. The number of anilines is 2. The molecule has 0 aliphatic rings. The van der Waals surface area contributed by atoms with E-state index in [4.69, 9.17) is 9.47 Å². The number of nitrogens with one attached hydrogen (secondary N) is 1. The number of rotatable bonds is 7. The smallest absolute Gasteiger partial charge is 0.414 e. The Balaban J connectivity index is 1.72. The van der Waals surface area contributed by atoms with Crippen molar-refractivity contribution in [2.24, 2.45) is 0 Å². The van der Waals surface area contributed by atoms with Crippen molar-refractivity contribution in [3.05, 3.63) is 102 Å². The van der Waals surface area contributed by atoms with E-state index in [1.165, 1.54) is 13.3 Å². The Bertz CT molecular complexity index is 1560. The number of hydrogen-bond acceptors (Lipinski definition) is 6. The van der Waals surface area contributed by atoms with E-state index < -0.39 is 23.6 Å². The van der Waals surface area contributed by atoms with Gasteiger partial charge in [0.2, 0.25) is 0 Å². The van der Waals surface area contributed by atoms with Crippen LogP contribution in [0.4, 0.5) is 16.2 Å². The van der Waals surface area contributed by atoms with Gasteiger partial charge >= 0.3 is 12.1 Å². The van der Waals surface area contributed by atoms with E-state index >= 15 is 0 Å². The second kappa shape index (κ2) is 12.5. The van der Waals surface area contributed by atoms with E-state index in [0.29, 0.717) is 23.4 Å². The summed E-state index contributed by atoms with van der Waals surface area (Å²) in [7, 11) is 1.28. The summed E-state index contributed by atoms with van der Waals surface area (Å²) in [6.45, 7) is 7.69. The molecule has 4 rings (SSSR count). The minimum Gasteiger partial charge on any atom is -0.465 e. The van der Waals surface area contributed by atoms with Gasteiger partial charge in [-0.3, -0.25) is 14.7 Å². The zero-order chi connectivity index (χ0) is 29.6. The number of carbonyl (C=O) groups excluding carboxylic acids is 3. The number of aromatic nitrogens is 1. The fraction of sp³-hybridized carbons (Fsp3) is 0.212. The molecule has 1 N–H and O–H groups in total. The van der Waals surface area contributed by atoms with Crippen molar-refractivity contribution in [1.82, 2.24) is 4.98 Å². The molecule has 8 heteroatoms. The first-order valence-electron chi connectivity index (χ1n) is 13.3. The van der Waals surface area contributed by atoms with E-state index in [2.05, 4.69) is 10.3 Å². The fourth-order valence-electron chi connectivity index (χ4n) is 4.32. The Kier molecular flexibility index (Phi) is 8.82. The van der Waals surface area contributed by atoms with E-state index in [1.807, 2.05) is 82.3 Å². The number of amides is 2. The standard InChI is InChI=1S/C33H33N3O5/c1-6-36(32(39)41-33(2,3)4)29-15-11-10-14-26(29)23-16-17-27(31(38)40-5)28(19-23)35-30(37)25-18-24(20-34-21-25)22-12-8-7-9-13-22/h7-21H,6H2,1-5H3,(H,35,37). The molecule has 0 saturated heterocycles. The minimum absolute atomic E-state index is 0.189. The zero-order valence-electron chi connectivity index (χ0n) is 23.8. The van der Waals surface area contributed by atoms with E-state index in [1.54, 1.807) is 35.4 Å². The molecule has 41 heavy (non-hydrogen) atoms. The summed E-state index contributed by atoms with van der Waals surface area (Å²) in [5.74, 6) is -1.03. The van der Waals surface area contributed by atoms with Crippen LogP contribution in [0.2, 0.25) is 0 Å². The van der Waals surface area contributed by atoms with Gasteiger partial charge in [0.15, 0.2) is 0 Å². The van der Waals surface area contributed by atoms with Crippen molar-refractivity contribution < 1.29 is 23.9 Å². The van der Waals surface area contributed by atoms with Crippen LogP contribution in [0.25, 0.3) is 22.3 Å². The fourth-order valence-corrected chi connectivity index (χ4v) is 4.32. The van der Waals surface area contributed by atoms with Crippen LogP contribution in [0.3, 0.4) is 0 Å². The van der Waals surface area contributed by atoms with Crippen molar-refractivity contribution >= 4 is 29.3 Å². The average Bonchev–Trinajstić information content (AvgIpc) is 2.97. The normalized spacial score (nSPS) is 11.0. The summed E-state index contributed by atoms with van der Waals surface area (Å²) in [5, 5.41) is 2.86. The topological polar surface area (TPSA) is 97.8 Å². The maximum Gasteiger partial charge on any atom is 0.414 e. The Morgan fingerprint density at radius 3 is 2.24 bits per heavy atom. The van der Waals surface area contributed by atoms with Gasteiger partial charge in [-0.05, 0) is 63.1 Å². The lowest BCUT2D eigenvalue weighted by Crippen LogP contribution is -2.37. The first-order chi connectivity index (χ1) is 19.6. The number of methoxy groups -OCH3 is 1. The third kappa shape index (κ3) is 6.97. The summed E-state index contributed by atoms with van der Waals surface area (Å²) >= 11 is 0. The molecule has 0 fully saturated rings. The molecule has 0 aliphatic carbocycles. The summed E-state index contributed by atoms with van der Waals surface area (Å²) in [6, 6.07) is 23.8. The van der Waals surface area contributed by atoms with E-state index in [0.717, 1.165) is 16.7 Å². The zero-order valence-corrected chi connectivity index (χ0v) is 23.8. The van der Waals surface area contributed by atoms with Crippen LogP contribution in [0.1, 0.15) is 48.4 Å². The third-order valence-corrected chi connectivity index (χ3v) is 6.22. The van der Waals surface area contributed by atoms with E-state index in [9.17, 15) is 14.4 Å². The monoisotopic (exact) mass is 551 g/mol. The molecule has 0 bridgehead atoms. The second-order valence-electron chi connectivity index (χ2n) is 10.3. The lowest BCUT2D eigenvalue weighted by molar-refractivity contribution is 0.0578. The van der Waals surface area contributed by atoms with Gasteiger partial charge in [-0.25, -0.2) is 9.59 Å². The molecule has 4 aromatic rings. The molecular weight excluding hydrogens is 518 g/mol. The predicted molar refractivity (Wildman–Crippen MR) is 160 cm³/mol. The molecule has 1 aromatic heterocycles. The maximum atomic E-state index is 13.4. The molecule has 0 atom stereocenters. The highest BCUT2D eigenvalue weighted by atomic mass is 16.6. The van der Waals surface area contributed by atoms with Crippen LogP contribution in [-0.4, -0.2) is 42.2 Å². The average molecular weight is 552 g/mol.